The van der Waals surface area contributed by atoms with Gasteiger partial charge in [-0.2, -0.15) is 0 Å². The highest BCUT2D eigenvalue weighted by Crippen LogP contribution is 2.25. The van der Waals surface area contributed by atoms with E-state index in [2.05, 4.69) is 41.1 Å². The van der Waals surface area contributed by atoms with Crippen LogP contribution in [0.2, 0.25) is 0 Å². The molecule has 34 heavy (non-hydrogen) atoms. The zero-order valence-electron chi connectivity index (χ0n) is 20.0. The van der Waals surface area contributed by atoms with Crippen molar-refractivity contribution in [2.24, 2.45) is 0 Å². The molecule has 0 bridgehead atoms. The SMILES string of the molecule is BC(B)(B)NC(=O)c1nnc(Nc2cc(C)nc(C)n2)cc1Nc1ncccc1CS(C)(=O)=O. The minimum atomic E-state index is -3.31. The van der Waals surface area contributed by atoms with E-state index in [1.54, 1.807) is 31.2 Å². The first kappa shape index (κ1) is 25.2. The van der Waals surface area contributed by atoms with Crippen molar-refractivity contribution in [1.82, 2.24) is 30.5 Å². The normalized spacial score (nSPS) is 11.6. The molecule has 0 aliphatic rings. The van der Waals surface area contributed by atoms with Gasteiger partial charge in [-0.05, 0) is 25.2 Å². The van der Waals surface area contributed by atoms with Crippen molar-refractivity contribution >= 4 is 62.4 Å². The Bertz CT molecular complexity index is 1310. The molecule has 0 aliphatic heterocycles. The molecule has 0 aromatic carbocycles. The van der Waals surface area contributed by atoms with E-state index in [4.69, 9.17) is 0 Å². The first-order chi connectivity index (χ1) is 15.8. The van der Waals surface area contributed by atoms with Crippen LogP contribution in [0.4, 0.5) is 23.1 Å². The molecule has 174 valence electrons. The highest BCUT2D eigenvalue weighted by molar-refractivity contribution is 7.89. The van der Waals surface area contributed by atoms with Gasteiger partial charge in [-0.15, -0.1) is 10.2 Å². The molecule has 0 saturated heterocycles. The summed E-state index contributed by atoms with van der Waals surface area (Å²) in [5.41, 5.74) is 1.57. The van der Waals surface area contributed by atoms with E-state index in [0.717, 1.165) is 11.9 Å². The fourth-order valence-corrected chi connectivity index (χ4v) is 3.90. The van der Waals surface area contributed by atoms with Crippen LogP contribution in [0, 0.1) is 13.8 Å². The lowest BCUT2D eigenvalue weighted by Gasteiger charge is -2.21. The van der Waals surface area contributed by atoms with Crippen LogP contribution in [0.25, 0.3) is 0 Å². The largest absolute Gasteiger partial charge is 0.368 e. The number of hydrogen-bond acceptors (Lipinski definition) is 10. The second-order valence-corrected chi connectivity index (χ2v) is 11.1. The van der Waals surface area contributed by atoms with Gasteiger partial charge >= 0.3 is 0 Å². The number of rotatable bonds is 8. The van der Waals surface area contributed by atoms with E-state index in [1.165, 1.54) is 6.20 Å². The van der Waals surface area contributed by atoms with E-state index >= 15 is 0 Å². The third-order valence-corrected chi connectivity index (χ3v) is 5.12. The predicted molar refractivity (Wildman–Crippen MR) is 139 cm³/mol. The number of pyridine rings is 1. The number of sulfone groups is 1. The Hall–Kier alpha value is -3.48. The fraction of sp³-hybridized carbons (Fsp3) is 0.263. The molecular formula is C19H25B3N8O3S. The zero-order valence-corrected chi connectivity index (χ0v) is 20.8. The van der Waals surface area contributed by atoms with Gasteiger partial charge in [0.2, 0.25) is 0 Å². The van der Waals surface area contributed by atoms with E-state index in [-0.39, 0.29) is 11.4 Å². The number of nitrogens with zero attached hydrogens (tertiary/aromatic N) is 5. The first-order valence-electron chi connectivity index (χ1n) is 10.5. The van der Waals surface area contributed by atoms with Crippen LogP contribution >= 0.6 is 0 Å². The zero-order chi connectivity index (χ0) is 25.1. The first-order valence-corrected chi connectivity index (χ1v) is 12.5. The number of anilines is 4. The predicted octanol–water partition coefficient (Wildman–Crippen LogP) is -1.45. The molecule has 11 nitrogen and oxygen atoms in total. The van der Waals surface area contributed by atoms with Crippen LogP contribution in [-0.4, -0.2) is 74.5 Å². The third kappa shape index (κ3) is 7.27. The van der Waals surface area contributed by atoms with Crippen molar-refractivity contribution in [3.05, 3.63) is 53.2 Å². The fourth-order valence-electron chi connectivity index (χ4n) is 3.11. The van der Waals surface area contributed by atoms with Crippen LogP contribution in [0.5, 0.6) is 0 Å². The highest BCUT2D eigenvalue weighted by atomic mass is 32.2. The average Bonchev–Trinajstić information content (AvgIpc) is 2.66. The van der Waals surface area contributed by atoms with E-state index in [0.29, 0.717) is 34.5 Å². The molecule has 0 atom stereocenters. The smallest absolute Gasteiger partial charge is 0.272 e. The molecule has 0 aliphatic carbocycles. The van der Waals surface area contributed by atoms with Crippen molar-refractivity contribution < 1.29 is 13.2 Å². The highest BCUT2D eigenvalue weighted by Gasteiger charge is 2.22. The van der Waals surface area contributed by atoms with E-state index in [9.17, 15) is 13.2 Å². The van der Waals surface area contributed by atoms with Crippen molar-refractivity contribution in [3.8, 4) is 0 Å². The van der Waals surface area contributed by atoms with E-state index in [1.807, 2.05) is 30.5 Å². The summed E-state index contributed by atoms with van der Waals surface area (Å²) in [6.07, 6.45) is 2.68. The Morgan fingerprint density at radius 1 is 1.06 bits per heavy atom. The monoisotopic (exact) mass is 478 g/mol. The van der Waals surface area contributed by atoms with Gasteiger partial charge in [0.05, 0.1) is 11.4 Å². The number of nitrogens with one attached hydrogen (secondary N) is 3. The lowest BCUT2D eigenvalue weighted by Crippen LogP contribution is -2.50. The Balaban J connectivity index is 2.03. The molecule has 0 unspecified atom stereocenters. The quantitative estimate of drug-likeness (QED) is 0.328. The summed E-state index contributed by atoms with van der Waals surface area (Å²) < 4.78 is 23.8. The van der Waals surface area contributed by atoms with Gasteiger partial charge in [-0.25, -0.2) is 23.4 Å². The molecule has 0 spiro atoms. The van der Waals surface area contributed by atoms with E-state index < -0.39 is 21.0 Å². The minimum absolute atomic E-state index is 0.0338. The molecule has 0 saturated carbocycles. The van der Waals surface area contributed by atoms with Gasteiger partial charge in [0.1, 0.15) is 41.0 Å². The van der Waals surface area contributed by atoms with Gasteiger partial charge in [0.15, 0.2) is 21.3 Å². The Morgan fingerprint density at radius 2 is 1.79 bits per heavy atom. The summed E-state index contributed by atoms with van der Waals surface area (Å²) in [4.78, 5) is 25.8. The summed E-state index contributed by atoms with van der Waals surface area (Å²) in [5, 5.41) is 16.7. The number of carbonyl (C=O) groups is 1. The maximum Gasteiger partial charge on any atom is 0.272 e. The number of aryl methyl sites for hydroxylation is 2. The van der Waals surface area contributed by atoms with Gasteiger partial charge in [0.25, 0.3) is 5.91 Å². The Labute approximate surface area is 201 Å². The summed E-state index contributed by atoms with van der Waals surface area (Å²) >= 11 is 0. The second kappa shape index (κ2) is 9.79. The molecule has 3 rings (SSSR count). The average molecular weight is 478 g/mol. The molecule has 3 aromatic heterocycles. The molecular weight excluding hydrogens is 453 g/mol. The van der Waals surface area contributed by atoms with Gasteiger partial charge in [-0.1, -0.05) is 6.07 Å². The standard InChI is InChI=1S/C19H25B3N8O3S/c1-10-7-14(25-11(2)24-10)27-15-8-13(16(30-29-15)18(31)28-19(20,21)22)26-17-12(5-4-6-23-17)9-34(3,32)33/h4-8H,9,20-22H2,1-3H3,(H,28,31)(H2,23,24,25,26,27,29). The molecule has 3 aromatic rings. The maximum atomic E-state index is 12.9. The number of aromatic nitrogens is 5. The number of hydrogen-bond donors (Lipinski definition) is 3. The second-order valence-electron chi connectivity index (χ2n) is 8.97. The molecule has 3 N–H and O–H groups in total. The number of amides is 1. The minimum Gasteiger partial charge on any atom is -0.368 e. The summed E-state index contributed by atoms with van der Waals surface area (Å²) in [6.45, 7) is 3.63. The van der Waals surface area contributed by atoms with Gasteiger partial charge in [-0.3, -0.25) is 4.79 Å². The van der Waals surface area contributed by atoms with Crippen LogP contribution in [-0.2, 0) is 15.6 Å². The summed E-state index contributed by atoms with van der Waals surface area (Å²) in [6, 6.07) is 6.66. The lowest BCUT2D eigenvalue weighted by atomic mass is 9.49. The van der Waals surface area contributed by atoms with Crippen molar-refractivity contribution in [2.45, 2.75) is 24.8 Å². The topological polar surface area (TPSA) is 152 Å². The molecule has 3 heterocycles. The lowest BCUT2D eigenvalue weighted by molar-refractivity contribution is 0.0947. The van der Waals surface area contributed by atoms with Crippen molar-refractivity contribution in [3.63, 3.8) is 0 Å². The Kier molecular flexibility index (Phi) is 7.25. The summed E-state index contributed by atoms with van der Waals surface area (Å²) in [7, 11) is 2.24. The molecule has 1 amide bonds. The van der Waals surface area contributed by atoms with Crippen molar-refractivity contribution in [2.75, 3.05) is 16.9 Å². The molecule has 15 heteroatoms. The van der Waals surface area contributed by atoms with Crippen LogP contribution in [0.3, 0.4) is 0 Å². The van der Waals surface area contributed by atoms with Crippen LogP contribution < -0.4 is 16.0 Å². The maximum absolute atomic E-state index is 12.9. The van der Waals surface area contributed by atoms with Crippen LogP contribution in [0.1, 0.15) is 27.6 Å². The third-order valence-electron chi connectivity index (χ3n) is 4.28. The Morgan fingerprint density at radius 3 is 2.44 bits per heavy atom. The number of carbonyl (C=O) groups excluding carboxylic acids is 1. The molecule has 0 radical (unpaired) electrons. The van der Waals surface area contributed by atoms with Crippen LogP contribution in [0.15, 0.2) is 30.5 Å². The van der Waals surface area contributed by atoms with Crippen molar-refractivity contribution in [1.29, 1.82) is 0 Å². The summed E-state index contributed by atoms with van der Waals surface area (Å²) in [5.74, 6) is 1.08. The van der Waals surface area contributed by atoms with Gasteiger partial charge < -0.3 is 16.0 Å². The van der Waals surface area contributed by atoms with Gasteiger partial charge in [0, 0.05) is 35.8 Å². The molecule has 0 fully saturated rings.